The fourth-order valence-corrected chi connectivity index (χ4v) is 2.60. The second kappa shape index (κ2) is 2.43. The number of rotatable bonds is 3. The minimum atomic E-state index is -0.751. The van der Waals surface area contributed by atoms with Crippen LogP contribution in [0.2, 0.25) is 13.1 Å². The van der Waals surface area contributed by atoms with E-state index in [9.17, 15) is 0 Å². The molecule has 0 saturated heterocycles. The second-order valence-electron chi connectivity index (χ2n) is 3.20. The van der Waals surface area contributed by atoms with Crippen molar-refractivity contribution in [1.82, 2.24) is 0 Å². The fraction of sp³-hybridized carbons (Fsp3) is 1.00. The van der Waals surface area contributed by atoms with Crippen LogP contribution in [-0.2, 0) is 4.43 Å². The monoisotopic (exact) mass is 144 g/mol. The normalized spacial score (nSPS) is 22.7. The highest BCUT2D eigenvalue weighted by molar-refractivity contribution is 6.48. The fourth-order valence-electron chi connectivity index (χ4n) is 1.19. The quantitative estimate of drug-likeness (QED) is 0.550. The lowest BCUT2D eigenvalue weighted by Crippen LogP contribution is -2.20. The van der Waals surface area contributed by atoms with Crippen molar-refractivity contribution in [3.8, 4) is 0 Å². The molecule has 0 N–H and O–H groups in total. The van der Waals surface area contributed by atoms with E-state index in [0.29, 0.717) is 5.60 Å². The molecule has 1 fully saturated rings. The molecule has 0 radical (unpaired) electrons. The third-order valence-corrected chi connectivity index (χ3v) is 2.91. The largest absolute Gasteiger partial charge is 0.415 e. The van der Waals surface area contributed by atoms with Crippen molar-refractivity contribution in [3.63, 3.8) is 0 Å². The van der Waals surface area contributed by atoms with Gasteiger partial charge in [0, 0.05) is 0 Å². The molecule has 1 rings (SSSR count). The summed E-state index contributed by atoms with van der Waals surface area (Å²) in [5.41, 5.74) is 0.375. The van der Waals surface area contributed by atoms with Gasteiger partial charge < -0.3 is 4.43 Å². The Hall–Kier alpha value is 0.177. The van der Waals surface area contributed by atoms with Crippen LogP contribution >= 0.6 is 0 Å². The van der Waals surface area contributed by atoms with Crippen LogP contribution in [-0.4, -0.2) is 14.6 Å². The molecule has 1 saturated carbocycles. The summed E-state index contributed by atoms with van der Waals surface area (Å²) < 4.78 is 5.84. The van der Waals surface area contributed by atoms with Gasteiger partial charge >= 0.3 is 0 Å². The molecule has 9 heavy (non-hydrogen) atoms. The maximum absolute atomic E-state index is 5.84. The van der Waals surface area contributed by atoms with Gasteiger partial charge in [-0.05, 0) is 32.4 Å². The van der Waals surface area contributed by atoms with Gasteiger partial charge in [0.2, 0.25) is 0 Å². The zero-order valence-corrected chi connectivity index (χ0v) is 7.76. The zero-order valence-electron chi connectivity index (χ0n) is 6.61. The predicted octanol–water partition coefficient (Wildman–Crippen LogP) is 1.93. The molecule has 0 aromatic heterocycles. The molecule has 0 unspecified atom stereocenters. The molecule has 0 spiro atoms. The van der Waals surface area contributed by atoms with Crippen molar-refractivity contribution in [3.05, 3.63) is 0 Å². The molecule has 0 aromatic rings. The van der Waals surface area contributed by atoms with Gasteiger partial charge in [0.15, 0.2) is 9.04 Å². The zero-order chi connectivity index (χ0) is 6.91. The SMILES string of the molecule is CCC1(O[SiH](C)C)CC1. The van der Waals surface area contributed by atoms with E-state index < -0.39 is 9.04 Å². The Morgan fingerprint density at radius 3 is 2.11 bits per heavy atom. The Kier molecular flexibility index (Phi) is 1.96. The summed E-state index contributed by atoms with van der Waals surface area (Å²) in [7, 11) is -0.751. The van der Waals surface area contributed by atoms with E-state index in [1.165, 1.54) is 19.3 Å². The summed E-state index contributed by atoms with van der Waals surface area (Å²) in [6.45, 7) is 6.72. The van der Waals surface area contributed by atoms with E-state index in [1.54, 1.807) is 0 Å². The van der Waals surface area contributed by atoms with Gasteiger partial charge in [-0.1, -0.05) is 6.92 Å². The van der Waals surface area contributed by atoms with Crippen molar-refractivity contribution in [2.24, 2.45) is 0 Å². The molecule has 0 aromatic carbocycles. The first-order valence-electron chi connectivity index (χ1n) is 3.86. The van der Waals surface area contributed by atoms with E-state index in [4.69, 9.17) is 4.43 Å². The molecule has 0 heterocycles. The van der Waals surface area contributed by atoms with Crippen LogP contribution in [0.5, 0.6) is 0 Å². The van der Waals surface area contributed by atoms with Crippen molar-refractivity contribution in [1.29, 1.82) is 0 Å². The second-order valence-corrected chi connectivity index (χ2v) is 5.54. The van der Waals surface area contributed by atoms with Crippen LogP contribution in [0.1, 0.15) is 26.2 Å². The van der Waals surface area contributed by atoms with Crippen molar-refractivity contribution in [2.45, 2.75) is 44.9 Å². The Morgan fingerprint density at radius 1 is 1.44 bits per heavy atom. The lowest BCUT2D eigenvalue weighted by atomic mass is 10.3. The lowest BCUT2D eigenvalue weighted by Gasteiger charge is -2.16. The van der Waals surface area contributed by atoms with Crippen LogP contribution in [0.3, 0.4) is 0 Å². The maximum atomic E-state index is 5.84. The molecular formula is C7H16OSi. The van der Waals surface area contributed by atoms with Gasteiger partial charge in [-0.3, -0.25) is 0 Å². The van der Waals surface area contributed by atoms with Gasteiger partial charge in [-0.25, -0.2) is 0 Å². The molecule has 0 aliphatic heterocycles. The Bertz CT molecular complexity index is 97.1. The van der Waals surface area contributed by atoms with Gasteiger partial charge in [0.25, 0.3) is 0 Å². The number of hydrogen-bond acceptors (Lipinski definition) is 1. The average molecular weight is 144 g/mol. The molecule has 54 valence electrons. The lowest BCUT2D eigenvalue weighted by molar-refractivity contribution is 0.177. The van der Waals surface area contributed by atoms with Gasteiger partial charge in [0.05, 0.1) is 5.60 Å². The van der Waals surface area contributed by atoms with Crippen molar-refractivity contribution < 1.29 is 4.43 Å². The standard InChI is InChI=1S/C7H16OSi/c1-4-7(5-6-7)8-9(2)3/h9H,4-6H2,1-3H3. The molecular weight excluding hydrogens is 128 g/mol. The van der Waals surface area contributed by atoms with E-state index >= 15 is 0 Å². The predicted molar refractivity (Wildman–Crippen MR) is 42.2 cm³/mol. The third kappa shape index (κ3) is 1.80. The summed E-state index contributed by atoms with van der Waals surface area (Å²) >= 11 is 0. The van der Waals surface area contributed by atoms with E-state index in [2.05, 4.69) is 20.0 Å². The first kappa shape index (κ1) is 7.29. The summed E-state index contributed by atoms with van der Waals surface area (Å²) in [5, 5.41) is 0. The summed E-state index contributed by atoms with van der Waals surface area (Å²) in [5.74, 6) is 0. The highest BCUT2D eigenvalue weighted by Gasteiger charge is 2.41. The highest BCUT2D eigenvalue weighted by Crippen LogP contribution is 2.42. The van der Waals surface area contributed by atoms with Gasteiger partial charge in [0.1, 0.15) is 0 Å². The van der Waals surface area contributed by atoms with Crippen molar-refractivity contribution in [2.75, 3.05) is 0 Å². The van der Waals surface area contributed by atoms with Crippen LogP contribution in [0.4, 0.5) is 0 Å². The molecule has 2 heteroatoms. The van der Waals surface area contributed by atoms with Crippen LogP contribution in [0.25, 0.3) is 0 Å². The minimum Gasteiger partial charge on any atom is -0.415 e. The molecule has 0 amide bonds. The topological polar surface area (TPSA) is 9.23 Å². The van der Waals surface area contributed by atoms with Gasteiger partial charge in [-0.2, -0.15) is 0 Å². The van der Waals surface area contributed by atoms with E-state index in [-0.39, 0.29) is 0 Å². The Balaban J connectivity index is 2.25. The molecule has 1 nitrogen and oxygen atoms in total. The summed E-state index contributed by atoms with van der Waals surface area (Å²) in [6, 6.07) is 0. The van der Waals surface area contributed by atoms with Gasteiger partial charge in [-0.15, -0.1) is 0 Å². The van der Waals surface area contributed by atoms with Crippen molar-refractivity contribution >= 4 is 9.04 Å². The minimum absolute atomic E-state index is 0.375. The van der Waals surface area contributed by atoms with Crippen LogP contribution in [0.15, 0.2) is 0 Å². The first-order chi connectivity index (χ1) is 4.18. The molecule has 0 bridgehead atoms. The van der Waals surface area contributed by atoms with Crippen LogP contribution in [0, 0.1) is 0 Å². The highest BCUT2D eigenvalue weighted by atomic mass is 28.3. The maximum Gasteiger partial charge on any atom is 0.171 e. The summed E-state index contributed by atoms with van der Waals surface area (Å²) in [6.07, 6.45) is 3.85. The Labute approximate surface area is 59.1 Å². The number of hydrogen-bond donors (Lipinski definition) is 0. The van der Waals surface area contributed by atoms with Crippen LogP contribution < -0.4 is 0 Å². The molecule has 0 atom stereocenters. The Morgan fingerprint density at radius 2 is 2.00 bits per heavy atom. The van der Waals surface area contributed by atoms with E-state index in [0.717, 1.165) is 0 Å². The molecule has 1 aliphatic carbocycles. The average Bonchev–Trinajstić information content (AvgIpc) is 2.48. The first-order valence-corrected chi connectivity index (χ1v) is 6.64. The summed E-state index contributed by atoms with van der Waals surface area (Å²) in [4.78, 5) is 0. The molecule has 1 aliphatic rings. The smallest absolute Gasteiger partial charge is 0.171 e. The van der Waals surface area contributed by atoms with E-state index in [1.807, 2.05) is 0 Å². The third-order valence-electron chi connectivity index (χ3n) is 1.94.